The van der Waals surface area contributed by atoms with Gasteiger partial charge in [-0.05, 0) is 58.2 Å². The minimum atomic E-state index is -0.138. The fourth-order valence-electron chi connectivity index (χ4n) is 1.54. The van der Waals surface area contributed by atoms with Gasteiger partial charge >= 0.3 is 0 Å². The summed E-state index contributed by atoms with van der Waals surface area (Å²) in [6.45, 7) is 4.84. The van der Waals surface area contributed by atoms with Gasteiger partial charge in [-0.2, -0.15) is 0 Å². The highest BCUT2D eigenvalue weighted by Crippen LogP contribution is 2.19. The summed E-state index contributed by atoms with van der Waals surface area (Å²) < 4.78 is 11.4. The highest BCUT2D eigenvalue weighted by molar-refractivity contribution is 9.10. The van der Waals surface area contributed by atoms with Crippen LogP contribution >= 0.6 is 15.9 Å². The first-order chi connectivity index (χ1) is 9.06. The number of carbonyl (C=O) groups excluding carboxylic acids is 1. The molecule has 2 aromatic rings. The predicted molar refractivity (Wildman–Crippen MR) is 76.6 cm³/mol. The lowest BCUT2D eigenvalue weighted by molar-refractivity contribution is 0.101. The van der Waals surface area contributed by atoms with E-state index < -0.39 is 0 Å². The summed E-state index contributed by atoms with van der Waals surface area (Å²) in [5.74, 6) is 1.43. The summed E-state index contributed by atoms with van der Waals surface area (Å²) in [6.07, 6.45) is 0. The molecule has 0 N–H and O–H groups in total. The molecule has 1 heterocycles. The Hall–Kier alpha value is -1.55. The smallest absolute Gasteiger partial charge is 0.228 e. The summed E-state index contributed by atoms with van der Waals surface area (Å²) in [5.41, 5.74) is 0.582. The molecule has 0 radical (unpaired) electrons. The van der Waals surface area contributed by atoms with E-state index in [9.17, 15) is 4.79 Å². The van der Waals surface area contributed by atoms with Gasteiger partial charge in [-0.25, -0.2) is 0 Å². The molecule has 0 saturated carbocycles. The largest absolute Gasteiger partial charge is 0.493 e. The molecule has 0 aliphatic carbocycles. The van der Waals surface area contributed by atoms with Crippen LogP contribution in [0.5, 0.6) is 5.75 Å². The minimum absolute atomic E-state index is 0.138. The topological polar surface area (TPSA) is 39.4 Å². The van der Waals surface area contributed by atoms with Crippen molar-refractivity contribution in [2.75, 3.05) is 6.61 Å². The first kappa shape index (κ1) is 13.9. The molecule has 0 saturated heterocycles. The third-order valence-corrected chi connectivity index (χ3v) is 2.92. The molecule has 0 unspecified atom stereocenters. The van der Waals surface area contributed by atoms with Gasteiger partial charge in [-0.3, -0.25) is 4.79 Å². The fraction of sp³-hybridized carbons (Fsp3) is 0.267. The maximum absolute atomic E-state index is 12.1. The Kier molecular flexibility index (Phi) is 4.43. The number of furan rings is 1. The Morgan fingerprint density at radius 2 is 1.89 bits per heavy atom. The molecule has 0 aliphatic heterocycles. The van der Waals surface area contributed by atoms with Crippen LogP contribution in [0.3, 0.4) is 0 Å². The quantitative estimate of drug-likeness (QED) is 0.770. The van der Waals surface area contributed by atoms with Gasteiger partial charge in [0.25, 0.3) is 0 Å². The lowest BCUT2D eigenvalue weighted by Gasteiger charge is -2.08. The Morgan fingerprint density at radius 3 is 2.42 bits per heavy atom. The molecular weight excluding hydrogens is 308 g/mol. The van der Waals surface area contributed by atoms with Crippen molar-refractivity contribution >= 4 is 21.7 Å². The highest BCUT2D eigenvalue weighted by Gasteiger charge is 2.13. The molecular formula is C15H15BrO3. The van der Waals surface area contributed by atoms with Crippen LogP contribution in [0.4, 0.5) is 0 Å². The average molecular weight is 323 g/mol. The third kappa shape index (κ3) is 3.70. The molecule has 0 amide bonds. The van der Waals surface area contributed by atoms with Crippen molar-refractivity contribution < 1.29 is 13.9 Å². The van der Waals surface area contributed by atoms with E-state index >= 15 is 0 Å². The second-order valence-corrected chi connectivity index (χ2v) is 5.44. The van der Waals surface area contributed by atoms with Crippen molar-refractivity contribution in [1.82, 2.24) is 0 Å². The molecule has 0 atom stereocenters. The number of halogens is 1. The third-order valence-electron chi connectivity index (χ3n) is 2.50. The molecule has 1 aromatic heterocycles. The summed E-state index contributed by atoms with van der Waals surface area (Å²) in [5, 5.41) is 0. The predicted octanol–water partition coefficient (Wildman–Crippen LogP) is 4.31. The van der Waals surface area contributed by atoms with Gasteiger partial charge in [0.15, 0.2) is 10.4 Å². The van der Waals surface area contributed by atoms with Crippen LogP contribution in [-0.4, -0.2) is 12.4 Å². The van der Waals surface area contributed by atoms with E-state index in [1.807, 2.05) is 0 Å². The maximum atomic E-state index is 12.1. The fourth-order valence-corrected chi connectivity index (χ4v) is 1.85. The first-order valence-electron chi connectivity index (χ1n) is 6.09. The van der Waals surface area contributed by atoms with Crippen LogP contribution in [0.15, 0.2) is 45.5 Å². The van der Waals surface area contributed by atoms with Crippen LogP contribution in [0.1, 0.15) is 30.0 Å². The van der Waals surface area contributed by atoms with Crippen molar-refractivity contribution in [1.29, 1.82) is 0 Å². The van der Waals surface area contributed by atoms with Gasteiger partial charge in [-0.1, -0.05) is 13.8 Å². The first-order valence-corrected chi connectivity index (χ1v) is 6.88. The van der Waals surface area contributed by atoms with Crippen LogP contribution in [0, 0.1) is 5.92 Å². The lowest BCUT2D eigenvalue weighted by Crippen LogP contribution is -2.05. The van der Waals surface area contributed by atoms with Crippen molar-refractivity contribution in [2.45, 2.75) is 13.8 Å². The number of ether oxygens (including phenoxy) is 1. The van der Waals surface area contributed by atoms with Gasteiger partial charge < -0.3 is 9.15 Å². The Bertz CT molecular complexity index is 555. The summed E-state index contributed by atoms with van der Waals surface area (Å²) in [4.78, 5) is 12.1. The Morgan fingerprint density at radius 1 is 1.21 bits per heavy atom. The van der Waals surface area contributed by atoms with E-state index in [2.05, 4.69) is 29.8 Å². The zero-order valence-electron chi connectivity index (χ0n) is 10.9. The zero-order chi connectivity index (χ0) is 13.8. The van der Waals surface area contributed by atoms with E-state index in [-0.39, 0.29) is 5.78 Å². The van der Waals surface area contributed by atoms with E-state index in [4.69, 9.17) is 9.15 Å². The van der Waals surface area contributed by atoms with Crippen LogP contribution in [0.25, 0.3) is 0 Å². The van der Waals surface area contributed by atoms with Gasteiger partial charge in [0, 0.05) is 5.56 Å². The number of hydrogen-bond acceptors (Lipinski definition) is 3. The summed E-state index contributed by atoms with van der Waals surface area (Å²) in [7, 11) is 0. The van der Waals surface area contributed by atoms with Crippen molar-refractivity contribution in [3.05, 3.63) is 52.4 Å². The summed E-state index contributed by atoms with van der Waals surface area (Å²) >= 11 is 3.18. The van der Waals surface area contributed by atoms with Crippen LogP contribution < -0.4 is 4.74 Å². The number of benzene rings is 1. The number of rotatable bonds is 5. The van der Waals surface area contributed by atoms with Gasteiger partial charge in [0.05, 0.1) is 6.61 Å². The van der Waals surface area contributed by atoms with E-state index in [1.165, 1.54) is 0 Å². The number of carbonyl (C=O) groups is 1. The summed E-state index contributed by atoms with van der Waals surface area (Å²) in [6, 6.07) is 10.4. The van der Waals surface area contributed by atoms with Crippen LogP contribution in [0.2, 0.25) is 0 Å². The van der Waals surface area contributed by atoms with Gasteiger partial charge in [0.2, 0.25) is 5.78 Å². The molecule has 100 valence electrons. The molecule has 4 heteroatoms. The van der Waals surface area contributed by atoms with Gasteiger partial charge in [-0.15, -0.1) is 0 Å². The monoisotopic (exact) mass is 322 g/mol. The minimum Gasteiger partial charge on any atom is -0.493 e. The van der Waals surface area contributed by atoms with Crippen molar-refractivity contribution in [3.63, 3.8) is 0 Å². The van der Waals surface area contributed by atoms with Crippen molar-refractivity contribution in [3.8, 4) is 5.75 Å². The number of hydrogen-bond donors (Lipinski definition) is 0. The maximum Gasteiger partial charge on any atom is 0.228 e. The Labute approximate surface area is 120 Å². The standard InChI is InChI=1S/C15H15BrO3/c1-10(2)9-18-12-5-3-11(4-6-12)15(17)13-7-8-14(16)19-13/h3-8,10H,9H2,1-2H3. The van der Waals surface area contributed by atoms with Gasteiger partial charge in [0.1, 0.15) is 5.75 Å². The molecule has 0 aliphatic rings. The molecule has 2 rings (SSSR count). The molecule has 0 fully saturated rings. The highest BCUT2D eigenvalue weighted by atomic mass is 79.9. The molecule has 1 aromatic carbocycles. The van der Waals surface area contributed by atoms with E-state index in [0.29, 0.717) is 28.5 Å². The van der Waals surface area contributed by atoms with Crippen LogP contribution in [-0.2, 0) is 0 Å². The Balaban J connectivity index is 2.07. The molecule has 0 spiro atoms. The molecule has 3 nitrogen and oxygen atoms in total. The SMILES string of the molecule is CC(C)COc1ccc(C(=O)c2ccc(Br)o2)cc1. The second-order valence-electron chi connectivity index (χ2n) is 4.66. The van der Waals surface area contributed by atoms with E-state index in [1.54, 1.807) is 36.4 Å². The second kappa shape index (κ2) is 6.06. The lowest BCUT2D eigenvalue weighted by atomic mass is 10.1. The van der Waals surface area contributed by atoms with Crippen molar-refractivity contribution in [2.24, 2.45) is 5.92 Å². The number of ketones is 1. The van der Waals surface area contributed by atoms with E-state index in [0.717, 1.165) is 5.75 Å². The normalized spacial score (nSPS) is 10.7. The molecule has 19 heavy (non-hydrogen) atoms. The average Bonchev–Trinajstić information content (AvgIpc) is 2.83. The molecule has 0 bridgehead atoms. The zero-order valence-corrected chi connectivity index (χ0v) is 12.4.